The van der Waals surface area contributed by atoms with E-state index in [4.69, 9.17) is 14.5 Å². The van der Waals surface area contributed by atoms with Crippen molar-refractivity contribution < 1.29 is 13.9 Å². The van der Waals surface area contributed by atoms with E-state index in [0.29, 0.717) is 12.1 Å². The maximum absolute atomic E-state index is 13.8. The summed E-state index contributed by atoms with van der Waals surface area (Å²) in [5.41, 5.74) is 0.761. The molecule has 3 saturated heterocycles. The zero-order valence-electron chi connectivity index (χ0n) is 18.9. The van der Waals surface area contributed by atoms with Gasteiger partial charge in [-0.15, -0.1) is 0 Å². The van der Waals surface area contributed by atoms with Crippen LogP contribution in [0.15, 0.2) is 36.7 Å². The summed E-state index contributed by atoms with van der Waals surface area (Å²) >= 11 is 0. The Kier molecular flexibility index (Phi) is 5.42. The zero-order chi connectivity index (χ0) is 22.4. The van der Waals surface area contributed by atoms with E-state index in [1.807, 2.05) is 12.3 Å². The number of ether oxygens (including phenoxy) is 2. The van der Waals surface area contributed by atoms with Crippen LogP contribution in [-0.2, 0) is 4.74 Å². The van der Waals surface area contributed by atoms with Gasteiger partial charge in [-0.05, 0) is 56.9 Å². The molecule has 0 amide bonds. The molecule has 1 N–H and O–H groups in total. The van der Waals surface area contributed by atoms with Gasteiger partial charge in [0.25, 0.3) is 0 Å². The molecule has 3 fully saturated rings. The maximum atomic E-state index is 13.8. The number of aromatic nitrogens is 3. The van der Waals surface area contributed by atoms with E-state index >= 15 is 0 Å². The first-order valence-electron chi connectivity index (χ1n) is 12.0. The van der Waals surface area contributed by atoms with E-state index in [0.717, 1.165) is 67.4 Å². The average Bonchev–Trinajstić information content (AvgIpc) is 3.43. The molecule has 3 aromatic rings. The molecule has 0 saturated carbocycles. The van der Waals surface area contributed by atoms with Crippen LogP contribution in [0, 0.1) is 5.82 Å². The van der Waals surface area contributed by atoms with E-state index in [2.05, 4.69) is 26.7 Å². The predicted octanol–water partition coefficient (Wildman–Crippen LogP) is 4.07. The number of piperidine rings is 1. The molecule has 3 aliphatic heterocycles. The van der Waals surface area contributed by atoms with Crippen molar-refractivity contribution in [3.8, 4) is 5.75 Å². The van der Waals surface area contributed by atoms with Crippen molar-refractivity contribution >= 4 is 16.7 Å². The molecule has 0 spiro atoms. The lowest BCUT2D eigenvalue weighted by molar-refractivity contribution is 0.0240. The Morgan fingerprint density at radius 3 is 2.70 bits per heavy atom. The molecule has 7 nitrogen and oxygen atoms in total. The lowest BCUT2D eigenvalue weighted by Gasteiger charge is -2.41. The van der Waals surface area contributed by atoms with Gasteiger partial charge in [0, 0.05) is 36.8 Å². The number of hydrogen-bond donors (Lipinski definition) is 1. The second-order valence-corrected chi connectivity index (χ2v) is 9.44. The standard InChI is InChI=1S/C25H30FN5O2/c1-16(25-28-15-24(29-25)30-8-10-32-11-9-30)31-18-3-4-19(31)14-20(13-18)33-23-6-7-27-22-5-2-17(26)12-21(22)23/h2,5-7,12,15-16,18-20H,3-4,8-11,13-14H2,1H3,(H,28,29). The third-order valence-corrected chi connectivity index (χ3v) is 7.48. The van der Waals surface area contributed by atoms with Gasteiger partial charge in [0.15, 0.2) is 0 Å². The van der Waals surface area contributed by atoms with Crippen molar-refractivity contribution in [1.29, 1.82) is 0 Å². The van der Waals surface area contributed by atoms with Crippen LogP contribution >= 0.6 is 0 Å². The van der Waals surface area contributed by atoms with Crippen molar-refractivity contribution in [3.05, 3.63) is 48.3 Å². The lowest BCUT2D eigenvalue weighted by Crippen LogP contribution is -2.47. The predicted molar refractivity (Wildman–Crippen MR) is 124 cm³/mol. The number of aromatic amines is 1. The Labute approximate surface area is 192 Å². The number of hydrogen-bond acceptors (Lipinski definition) is 6. The SMILES string of the molecule is CC(c1ncc(N2CCOCC2)[nH]1)N1C2CCC1CC(Oc1ccnc3ccc(F)cc13)C2. The summed E-state index contributed by atoms with van der Waals surface area (Å²) in [5.74, 6) is 2.58. The highest BCUT2D eigenvalue weighted by Crippen LogP contribution is 2.42. The molecule has 5 heterocycles. The van der Waals surface area contributed by atoms with Crippen molar-refractivity contribution in [2.24, 2.45) is 0 Å². The van der Waals surface area contributed by atoms with E-state index in [1.54, 1.807) is 12.3 Å². The summed E-state index contributed by atoms with van der Waals surface area (Å²) < 4.78 is 25.8. The fourth-order valence-corrected chi connectivity index (χ4v) is 5.91. The molecule has 3 atom stereocenters. The number of H-pyrrole nitrogens is 1. The van der Waals surface area contributed by atoms with Crippen molar-refractivity contribution in [1.82, 2.24) is 19.9 Å². The van der Waals surface area contributed by atoms with Gasteiger partial charge in [-0.2, -0.15) is 0 Å². The molecular formula is C25H30FN5O2. The highest BCUT2D eigenvalue weighted by Gasteiger charge is 2.44. The summed E-state index contributed by atoms with van der Waals surface area (Å²) in [5, 5.41) is 0.742. The molecule has 2 aromatic heterocycles. The van der Waals surface area contributed by atoms with Gasteiger partial charge in [-0.1, -0.05) is 0 Å². The number of anilines is 1. The molecule has 0 aliphatic carbocycles. The number of halogens is 1. The minimum atomic E-state index is -0.265. The maximum Gasteiger partial charge on any atom is 0.130 e. The van der Waals surface area contributed by atoms with Crippen LogP contribution in [0.2, 0.25) is 0 Å². The Morgan fingerprint density at radius 1 is 1.12 bits per heavy atom. The van der Waals surface area contributed by atoms with Crippen LogP contribution < -0.4 is 9.64 Å². The smallest absolute Gasteiger partial charge is 0.130 e. The number of fused-ring (bicyclic) bond motifs is 3. The topological polar surface area (TPSA) is 66.5 Å². The number of pyridine rings is 1. The second kappa shape index (κ2) is 8.57. The molecule has 8 heteroatoms. The minimum Gasteiger partial charge on any atom is -0.490 e. The molecule has 1 aromatic carbocycles. The minimum absolute atomic E-state index is 0.125. The largest absolute Gasteiger partial charge is 0.490 e. The fraction of sp³-hybridized carbons (Fsp3) is 0.520. The Balaban J connectivity index is 1.16. The van der Waals surface area contributed by atoms with Crippen molar-refractivity contribution in [2.45, 2.75) is 56.8 Å². The van der Waals surface area contributed by atoms with Gasteiger partial charge >= 0.3 is 0 Å². The van der Waals surface area contributed by atoms with Crippen LogP contribution in [0.5, 0.6) is 5.75 Å². The van der Waals surface area contributed by atoms with Gasteiger partial charge in [-0.25, -0.2) is 9.37 Å². The first-order chi connectivity index (χ1) is 16.2. The van der Waals surface area contributed by atoms with Crippen LogP contribution in [0.1, 0.15) is 44.5 Å². The van der Waals surface area contributed by atoms with Crippen LogP contribution in [0.25, 0.3) is 10.9 Å². The monoisotopic (exact) mass is 451 g/mol. The molecule has 0 radical (unpaired) electrons. The number of morpholine rings is 1. The van der Waals surface area contributed by atoms with Crippen LogP contribution in [0.3, 0.4) is 0 Å². The summed E-state index contributed by atoms with van der Waals surface area (Å²) in [4.78, 5) is 17.6. The van der Waals surface area contributed by atoms with E-state index in [-0.39, 0.29) is 18.0 Å². The fourth-order valence-electron chi connectivity index (χ4n) is 5.91. The summed E-state index contributed by atoms with van der Waals surface area (Å²) in [7, 11) is 0. The first-order valence-corrected chi connectivity index (χ1v) is 12.0. The van der Waals surface area contributed by atoms with Crippen LogP contribution in [0.4, 0.5) is 10.2 Å². The summed E-state index contributed by atoms with van der Waals surface area (Å²) in [6.07, 6.45) is 8.12. The number of imidazole rings is 1. The highest BCUT2D eigenvalue weighted by atomic mass is 19.1. The van der Waals surface area contributed by atoms with Gasteiger partial charge in [0.1, 0.15) is 29.3 Å². The van der Waals surface area contributed by atoms with Gasteiger partial charge < -0.3 is 19.4 Å². The number of benzene rings is 1. The highest BCUT2D eigenvalue weighted by molar-refractivity contribution is 5.84. The Hall–Kier alpha value is -2.71. The second-order valence-electron chi connectivity index (χ2n) is 9.44. The average molecular weight is 452 g/mol. The summed E-state index contributed by atoms with van der Waals surface area (Å²) in [6.45, 7) is 5.59. The van der Waals surface area contributed by atoms with Crippen LogP contribution in [-0.4, -0.2) is 64.3 Å². The number of nitrogens with one attached hydrogen (secondary N) is 1. The normalized spacial score (nSPS) is 26.6. The number of nitrogens with zero attached hydrogens (tertiary/aromatic N) is 4. The lowest BCUT2D eigenvalue weighted by atomic mass is 9.97. The zero-order valence-corrected chi connectivity index (χ0v) is 18.9. The van der Waals surface area contributed by atoms with Gasteiger partial charge in [0.2, 0.25) is 0 Å². The number of rotatable bonds is 5. The quantitative estimate of drug-likeness (QED) is 0.631. The van der Waals surface area contributed by atoms with E-state index < -0.39 is 0 Å². The molecule has 2 bridgehead atoms. The van der Waals surface area contributed by atoms with Crippen molar-refractivity contribution in [2.75, 3.05) is 31.2 Å². The third kappa shape index (κ3) is 3.95. The summed E-state index contributed by atoms with van der Waals surface area (Å²) in [6, 6.07) is 7.68. The van der Waals surface area contributed by atoms with Crippen molar-refractivity contribution in [3.63, 3.8) is 0 Å². The Bertz CT molecular complexity index is 1120. The third-order valence-electron chi connectivity index (χ3n) is 7.48. The van der Waals surface area contributed by atoms with E-state index in [9.17, 15) is 4.39 Å². The van der Waals surface area contributed by atoms with Gasteiger partial charge in [0.05, 0.1) is 31.0 Å². The van der Waals surface area contributed by atoms with E-state index in [1.165, 1.54) is 25.0 Å². The molecule has 3 aliphatic rings. The Morgan fingerprint density at radius 2 is 1.91 bits per heavy atom. The molecular weight excluding hydrogens is 421 g/mol. The van der Waals surface area contributed by atoms with Gasteiger partial charge in [-0.3, -0.25) is 9.88 Å². The molecule has 33 heavy (non-hydrogen) atoms. The first kappa shape index (κ1) is 20.9. The molecule has 174 valence electrons. The molecule has 3 unspecified atom stereocenters. The molecule has 6 rings (SSSR count).